The van der Waals surface area contributed by atoms with Gasteiger partial charge in [0.25, 0.3) is 0 Å². The number of aryl methyl sites for hydroxylation is 2. The molecule has 5 nitrogen and oxygen atoms in total. The van der Waals surface area contributed by atoms with Crippen LogP contribution in [0.15, 0.2) is 48.5 Å². The van der Waals surface area contributed by atoms with E-state index in [9.17, 15) is 9.90 Å². The second-order valence-electron chi connectivity index (χ2n) is 5.57. The van der Waals surface area contributed by atoms with Crippen LogP contribution in [0.3, 0.4) is 0 Å². The van der Waals surface area contributed by atoms with Gasteiger partial charge < -0.3 is 5.11 Å². The topological polar surface area (TPSA) is 68.0 Å². The highest BCUT2D eigenvalue weighted by Gasteiger charge is 2.18. The lowest BCUT2D eigenvalue weighted by Gasteiger charge is -2.08. The Morgan fingerprint density at radius 2 is 1.83 bits per heavy atom. The van der Waals surface area contributed by atoms with Gasteiger partial charge in [0.2, 0.25) is 0 Å². The summed E-state index contributed by atoms with van der Waals surface area (Å²) in [5, 5.41) is 17.3. The molecule has 3 rings (SSSR count). The fraction of sp³-hybridized carbons (Fsp3) is 0.105. The van der Waals surface area contributed by atoms with Gasteiger partial charge in [-0.25, -0.2) is 9.48 Å². The highest BCUT2D eigenvalue weighted by molar-refractivity contribution is 5.90. The summed E-state index contributed by atoms with van der Waals surface area (Å²) in [6, 6.07) is 15.6. The van der Waals surface area contributed by atoms with Crippen molar-refractivity contribution in [3.05, 3.63) is 76.6 Å². The maximum atomic E-state index is 11.5. The predicted octanol–water partition coefficient (Wildman–Crippen LogP) is 3.75. The zero-order valence-corrected chi connectivity index (χ0v) is 13.5. The van der Waals surface area contributed by atoms with Crippen molar-refractivity contribution < 1.29 is 9.90 Å². The second kappa shape index (κ2) is 6.50. The second-order valence-corrected chi connectivity index (χ2v) is 5.57. The zero-order valence-electron chi connectivity index (χ0n) is 13.5. The molecule has 0 unspecified atom stereocenters. The number of carboxylic acid groups (broad SMARTS) is 1. The number of aromatic carboxylic acids is 1. The highest BCUT2D eigenvalue weighted by Crippen LogP contribution is 2.20. The van der Waals surface area contributed by atoms with Crippen LogP contribution in [0.25, 0.3) is 17.8 Å². The van der Waals surface area contributed by atoms with Crippen LogP contribution in [0.5, 0.6) is 0 Å². The third kappa shape index (κ3) is 3.10. The van der Waals surface area contributed by atoms with Gasteiger partial charge in [0, 0.05) is 0 Å². The minimum Gasteiger partial charge on any atom is -0.476 e. The molecule has 0 radical (unpaired) electrons. The van der Waals surface area contributed by atoms with Crippen LogP contribution < -0.4 is 0 Å². The molecule has 0 aliphatic rings. The third-order valence-corrected chi connectivity index (χ3v) is 3.72. The van der Waals surface area contributed by atoms with Crippen LogP contribution in [0.2, 0.25) is 0 Å². The Morgan fingerprint density at radius 3 is 2.50 bits per heavy atom. The van der Waals surface area contributed by atoms with Crippen molar-refractivity contribution in [1.82, 2.24) is 15.0 Å². The number of carbonyl (C=O) groups is 1. The van der Waals surface area contributed by atoms with Crippen molar-refractivity contribution in [1.29, 1.82) is 0 Å². The Hall–Kier alpha value is -3.21. The van der Waals surface area contributed by atoms with E-state index in [0.29, 0.717) is 5.69 Å². The Balaban J connectivity index is 2.11. The summed E-state index contributed by atoms with van der Waals surface area (Å²) in [7, 11) is 0. The van der Waals surface area contributed by atoms with Crippen LogP contribution in [-0.2, 0) is 0 Å². The summed E-state index contributed by atoms with van der Waals surface area (Å²) < 4.78 is 1.57. The van der Waals surface area contributed by atoms with Crippen molar-refractivity contribution in [2.24, 2.45) is 0 Å². The van der Waals surface area contributed by atoms with Gasteiger partial charge in [-0.3, -0.25) is 0 Å². The summed E-state index contributed by atoms with van der Waals surface area (Å²) >= 11 is 0. The van der Waals surface area contributed by atoms with E-state index in [0.717, 1.165) is 22.4 Å². The van der Waals surface area contributed by atoms with E-state index in [2.05, 4.69) is 10.3 Å². The molecule has 0 aliphatic carbocycles. The minimum absolute atomic E-state index is 0.0674. The molecule has 3 aromatic rings. The van der Waals surface area contributed by atoms with Gasteiger partial charge in [-0.2, -0.15) is 0 Å². The number of carboxylic acids is 1. The maximum absolute atomic E-state index is 11.5. The Bertz CT molecular complexity index is 912. The van der Waals surface area contributed by atoms with Gasteiger partial charge in [-0.05, 0) is 37.1 Å². The lowest BCUT2D eigenvalue weighted by molar-refractivity contribution is 0.0690. The Morgan fingerprint density at radius 1 is 1.08 bits per heavy atom. The van der Waals surface area contributed by atoms with E-state index in [1.54, 1.807) is 10.8 Å². The molecule has 24 heavy (non-hydrogen) atoms. The standard InChI is InChI=1S/C19H17N3O2/c1-13-8-10-16(14(2)12-13)22-17(18(19(23)24)20-21-22)11-9-15-6-4-3-5-7-15/h3-12H,1-2H3,(H,23,24)/b11-9+. The van der Waals surface area contributed by atoms with Gasteiger partial charge in [-0.1, -0.05) is 59.3 Å². The maximum Gasteiger partial charge on any atom is 0.358 e. The molecule has 5 heteroatoms. The minimum atomic E-state index is -1.10. The van der Waals surface area contributed by atoms with E-state index in [-0.39, 0.29) is 5.69 Å². The molecule has 120 valence electrons. The van der Waals surface area contributed by atoms with Gasteiger partial charge in [0.15, 0.2) is 5.69 Å². The average Bonchev–Trinajstić information content (AvgIpc) is 2.98. The zero-order chi connectivity index (χ0) is 17.1. The first-order valence-corrected chi connectivity index (χ1v) is 7.56. The molecule has 1 N–H and O–H groups in total. The number of hydrogen-bond acceptors (Lipinski definition) is 3. The van der Waals surface area contributed by atoms with Crippen LogP contribution in [0.1, 0.15) is 32.9 Å². The molecule has 0 atom stereocenters. The molecule has 0 spiro atoms. The summed E-state index contributed by atoms with van der Waals surface area (Å²) in [5.74, 6) is -1.10. The van der Waals surface area contributed by atoms with Crippen molar-refractivity contribution in [2.75, 3.05) is 0 Å². The molecule has 0 bridgehead atoms. The lowest BCUT2D eigenvalue weighted by atomic mass is 10.1. The molecule has 0 saturated heterocycles. The summed E-state index contributed by atoms with van der Waals surface area (Å²) in [6.07, 6.45) is 3.59. The average molecular weight is 319 g/mol. The molecular weight excluding hydrogens is 302 g/mol. The van der Waals surface area contributed by atoms with Gasteiger partial charge in [0.1, 0.15) is 5.69 Å². The molecule has 0 saturated carbocycles. The first-order chi connectivity index (χ1) is 11.6. The molecule has 0 fully saturated rings. The summed E-state index contributed by atoms with van der Waals surface area (Å²) in [6.45, 7) is 3.98. The number of benzene rings is 2. The van der Waals surface area contributed by atoms with E-state index < -0.39 is 5.97 Å². The molecule has 0 amide bonds. The predicted molar refractivity (Wildman–Crippen MR) is 93.2 cm³/mol. The molecule has 2 aromatic carbocycles. The van der Waals surface area contributed by atoms with Crippen LogP contribution in [0.4, 0.5) is 0 Å². The fourth-order valence-electron chi connectivity index (χ4n) is 2.55. The largest absolute Gasteiger partial charge is 0.476 e. The van der Waals surface area contributed by atoms with Crippen molar-refractivity contribution >= 4 is 18.1 Å². The van der Waals surface area contributed by atoms with Crippen molar-refractivity contribution in [2.45, 2.75) is 13.8 Å². The van der Waals surface area contributed by atoms with Crippen LogP contribution >= 0.6 is 0 Å². The fourth-order valence-corrected chi connectivity index (χ4v) is 2.55. The summed E-state index contributed by atoms with van der Waals surface area (Å²) in [5.41, 5.74) is 4.30. The van der Waals surface area contributed by atoms with E-state index >= 15 is 0 Å². The summed E-state index contributed by atoms with van der Waals surface area (Å²) in [4.78, 5) is 11.5. The monoisotopic (exact) mass is 319 g/mol. The smallest absolute Gasteiger partial charge is 0.358 e. The van der Waals surface area contributed by atoms with Gasteiger partial charge in [-0.15, -0.1) is 5.10 Å². The third-order valence-electron chi connectivity index (χ3n) is 3.72. The first kappa shape index (κ1) is 15.7. The Labute approximate surface area is 139 Å². The first-order valence-electron chi connectivity index (χ1n) is 7.56. The molecule has 0 aliphatic heterocycles. The Kier molecular flexibility index (Phi) is 4.24. The molecule has 1 aromatic heterocycles. The van der Waals surface area contributed by atoms with Crippen LogP contribution in [0, 0.1) is 13.8 Å². The van der Waals surface area contributed by atoms with E-state index in [1.165, 1.54) is 0 Å². The van der Waals surface area contributed by atoms with E-state index in [4.69, 9.17) is 0 Å². The number of aromatic nitrogens is 3. The lowest BCUT2D eigenvalue weighted by Crippen LogP contribution is -2.04. The number of rotatable bonds is 4. The molecular formula is C19H17N3O2. The normalized spacial score (nSPS) is 11.1. The van der Waals surface area contributed by atoms with Crippen molar-refractivity contribution in [3.63, 3.8) is 0 Å². The van der Waals surface area contributed by atoms with Crippen molar-refractivity contribution in [3.8, 4) is 5.69 Å². The van der Waals surface area contributed by atoms with E-state index in [1.807, 2.05) is 68.5 Å². The van der Waals surface area contributed by atoms with Crippen LogP contribution in [-0.4, -0.2) is 26.1 Å². The quantitative estimate of drug-likeness (QED) is 0.795. The molecule has 1 heterocycles. The SMILES string of the molecule is Cc1ccc(-n2nnc(C(=O)O)c2/C=C/c2ccccc2)c(C)c1. The van der Waals surface area contributed by atoms with Gasteiger partial charge >= 0.3 is 5.97 Å². The number of hydrogen-bond donors (Lipinski definition) is 1. The van der Waals surface area contributed by atoms with Gasteiger partial charge in [0.05, 0.1) is 5.69 Å². The highest BCUT2D eigenvalue weighted by atomic mass is 16.4. The number of nitrogens with zero attached hydrogens (tertiary/aromatic N) is 3.